The Morgan fingerprint density at radius 1 is 1.26 bits per heavy atom. The van der Waals surface area contributed by atoms with Gasteiger partial charge in [-0.1, -0.05) is 12.8 Å². The van der Waals surface area contributed by atoms with Crippen LogP contribution in [-0.4, -0.2) is 53.6 Å². The fraction of sp³-hybridized carbons (Fsp3) is 0.929. The molecule has 5 heteroatoms. The number of guanidine groups is 1. The third kappa shape index (κ3) is 3.37. The predicted molar refractivity (Wildman–Crippen MR) is 82.7 cm³/mol. The molecule has 0 spiro atoms. The molecule has 1 saturated heterocycles. The Balaban J connectivity index is 1.62. The van der Waals surface area contributed by atoms with Crippen molar-refractivity contribution < 1.29 is 0 Å². The van der Waals surface area contributed by atoms with Crippen LogP contribution in [0.1, 0.15) is 38.5 Å². The molecule has 2 saturated carbocycles. The first-order chi connectivity index (χ1) is 9.28. The fourth-order valence-corrected chi connectivity index (χ4v) is 4.26. The Bertz CT molecular complexity index is 328. The van der Waals surface area contributed by atoms with Gasteiger partial charge in [-0.2, -0.15) is 11.8 Å². The van der Waals surface area contributed by atoms with E-state index in [0.717, 1.165) is 6.54 Å². The summed E-state index contributed by atoms with van der Waals surface area (Å²) in [4.78, 5) is 7.37. The zero-order chi connectivity index (χ0) is 13.1. The van der Waals surface area contributed by atoms with Gasteiger partial charge in [-0.05, 0) is 25.7 Å². The smallest absolute Gasteiger partial charge is 0.188 e. The molecule has 3 aliphatic rings. The van der Waals surface area contributed by atoms with Crippen molar-refractivity contribution in [2.24, 2.45) is 10.7 Å². The van der Waals surface area contributed by atoms with Crippen molar-refractivity contribution in [2.75, 3.05) is 31.1 Å². The molecule has 3 fully saturated rings. The van der Waals surface area contributed by atoms with Crippen LogP contribution in [0.3, 0.4) is 0 Å². The average Bonchev–Trinajstić information content (AvgIpc) is 3.12. The van der Waals surface area contributed by atoms with Crippen LogP contribution >= 0.6 is 11.8 Å². The Morgan fingerprint density at radius 2 is 1.95 bits per heavy atom. The highest BCUT2D eigenvalue weighted by atomic mass is 32.2. The summed E-state index contributed by atoms with van der Waals surface area (Å²) in [5.74, 6) is 3.22. The second-order valence-electron chi connectivity index (χ2n) is 6.15. The van der Waals surface area contributed by atoms with E-state index in [1.165, 1.54) is 63.1 Å². The van der Waals surface area contributed by atoms with Gasteiger partial charge in [-0.3, -0.25) is 9.89 Å². The topological polar surface area (TPSA) is 53.6 Å². The lowest BCUT2D eigenvalue weighted by Crippen LogP contribution is -2.53. The van der Waals surface area contributed by atoms with Crippen LogP contribution < -0.4 is 11.1 Å². The van der Waals surface area contributed by atoms with Crippen molar-refractivity contribution in [1.29, 1.82) is 0 Å². The number of rotatable bonds is 4. The van der Waals surface area contributed by atoms with Crippen molar-refractivity contribution in [3.63, 3.8) is 0 Å². The molecule has 1 heterocycles. The zero-order valence-electron chi connectivity index (χ0n) is 11.7. The number of nitrogens with two attached hydrogens (primary N) is 1. The third-order valence-electron chi connectivity index (χ3n) is 4.69. The number of thioether (sulfide) groups is 1. The van der Waals surface area contributed by atoms with E-state index < -0.39 is 0 Å². The highest BCUT2D eigenvalue weighted by Crippen LogP contribution is 2.37. The first-order valence-electron chi connectivity index (χ1n) is 7.68. The fourth-order valence-electron chi connectivity index (χ4n) is 3.36. The largest absolute Gasteiger partial charge is 0.370 e. The van der Waals surface area contributed by atoms with Crippen molar-refractivity contribution in [2.45, 2.75) is 50.1 Å². The van der Waals surface area contributed by atoms with E-state index in [1.807, 2.05) is 0 Å². The van der Waals surface area contributed by atoms with E-state index >= 15 is 0 Å². The molecule has 0 aromatic heterocycles. The second kappa shape index (κ2) is 5.92. The predicted octanol–water partition coefficient (Wildman–Crippen LogP) is 1.41. The van der Waals surface area contributed by atoms with Gasteiger partial charge in [0.25, 0.3) is 0 Å². The summed E-state index contributed by atoms with van der Waals surface area (Å²) in [5.41, 5.74) is 6.31. The second-order valence-corrected chi connectivity index (χ2v) is 7.38. The van der Waals surface area contributed by atoms with Gasteiger partial charge in [0.2, 0.25) is 0 Å². The van der Waals surface area contributed by atoms with Gasteiger partial charge in [-0.25, -0.2) is 0 Å². The minimum atomic E-state index is 0.316. The molecule has 3 N–H and O–H groups in total. The third-order valence-corrected chi connectivity index (χ3v) is 5.63. The van der Waals surface area contributed by atoms with Gasteiger partial charge < -0.3 is 11.1 Å². The Labute approximate surface area is 120 Å². The van der Waals surface area contributed by atoms with Crippen LogP contribution in [0.5, 0.6) is 0 Å². The maximum atomic E-state index is 6.00. The molecule has 3 rings (SSSR count). The van der Waals surface area contributed by atoms with Crippen LogP contribution in [0.4, 0.5) is 0 Å². The first kappa shape index (κ1) is 13.6. The van der Waals surface area contributed by atoms with Crippen LogP contribution in [0.25, 0.3) is 0 Å². The van der Waals surface area contributed by atoms with Crippen LogP contribution in [0.2, 0.25) is 0 Å². The molecule has 0 radical (unpaired) electrons. The molecule has 0 atom stereocenters. The summed E-state index contributed by atoms with van der Waals surface area (Å²) in [6.07, 6.45) is 7.83. The van der Waals surface area contributed by atoms with Crippen LogP contribution in [-0.2, 0) is 0 Å². The minimum Gasteiger partial charge on any atom is -0.370 e. The quantitative estimate of drug-likeness (QED) is 0.605. The summed E-state index contributed by atoms with van der Waals surface area (Å²) in [6.45, 7) is 3.36. The van der Waals surface area contributed by atoms with E-state index in [0.29, 0.717) is 17.5 Å². The van der Waals surface area contributed by atoms with Crippen LogP contribution in [0.15, 0.2) is 4.99 Å². The normalized spacial score (nSPS) is 28.5. The van der Waals surface area contributed by atoms with Crippen molar-refractivity contribution >= 4 is 17.7 Å². The van der Waals surface area contributed by atoms with E-state index in [4.69, 9.17) is 5.73 Å². The summed E-state index contributed by atoms with van der Waals surface area (Å²) >= 11 is 2.08. The lowest BCUT2D eigenvalue weighted by Gasteiger charge is -2.42. The maximum Gasteiger partial charge on any atom is 0.188 e. The van der Waals surface area contributed by atoms with Gasteiger partial charge in [-0.15, -0.1) is 0 Å². The standard InChI is InChI=1S/C14H26N4S/c15-13(17-12-3-4-12)16-11-14(5-1-2-6-14)18-7-9-19-10-8-18/h12H,1-11H2,(H3,15,16,17). The summed E-state index contributed by atoms with van der Waals surface area (Å²) in [6, 6.07) is 0.606. The lowest BCUT2D eigenvalue weighted by molar-refractivity contribution is 0.112. The molecular formula is C14H26N4S. The highest BCUT2D eigenvalue weighted by Gasteiger charge is 2.39. The summed E-state index contributed by atoms with van der Waals surface area (Å²) < 4.78 is 0. The zero-order valence-corrected chi connectivity index (χ0v) is 12.6. The minimum absolute atomic E-state index is 0.316. The Kier molecular flexibility index (Phi) is 4.22. The molecule has 0 bridgehead atoms. The number of nitrogens with one attached hydrogen (secondary N) is 1. The number of hydrogen-bond acceptors (Lipinski definition) is 3. The SMILES string of the molecule is NC(=NCC1(N2CCSCC2)CCCC1)NC1CC1. The van der Waals surface area contributed by atoms with Gasteiger partial charge in [0.05, 0.1) is 6.54 Å². The monoisotopic (exact) mass is 282 g/mol. The van der Waals surface area contributed by atoms with E-state index in [2.05, 4.69) is 27.0 Å². The van der Waals surface area contributed by atoms with Crippen LogP contribution in [0, 0.1) is 0 Å². The number of aliphatic imine (C=N–C) groups is 1. The lowest BCUT2D eigenvalue weighted by atomic mass is 9.95. The van der Waals surface area contributed by atoms with Crippen molar-refractivity contribution in [1.82, 2.24) is 10.2 Å². The molecule has 1 aliphatic heterocycles. The van der Waals surface area contributed by atoms with Crippen molar-refractivity contribution in [3.05, 3.63) is 0 Å². The molecule has 0 aromatic rings. The molecule has 2 aliphatic carbocycles. The van der Waals surface area contributed by atoms with Gasteiger partial charge >= 0.3 is 0 Å². The molecule has 108 valence electrons. The molecule has 0 amide bonds. The molecule has 4 nitrogen and oxygen atoms in total. The van der Waals surface area contributed by atoms with Gasteiger partial charge in [0, 0.05) is 36.2 Å². The van der Waals surface area contributed by atoms with Gasteiger partial charge in [0.15, 0.2) is 5.96 Å². The average molecular weight is 282 g/mol. The summed E-state index contributed by atoms with van der Waals surface area (Å²) in [7, 11) is 0. The molecule has 19 heavy (non-hydrogen) atoms. The molecule has 0 aromatic carbocycles. The first-order valence-corrected chi connectivity index (χ1v) is 8.83. The van der Waals surface area contributed by atoms with E-state index in [-0.39, 0.29) is 0 Å². The highest BCUT2D eigenvalue weighted by molar-refractivity contribution is 7.99. The Morgan fingerprint density at radius 3 is 2.58 bits per heavy atom. The van der Waals surface area contributed by atoms with Gasteiger partial charge in [0.1, 0.15) is 0 Å². The molecule has 0 unspecified atom stereocenters. The molecular weight excluding hydrogens is 256 g/mol. The van der Waals surface area contributed by atoms with E-state index in [9.17, 15) is 0 Å². The Hall–Kier alpha value is -0.420. The maximum absolute atomic E-state index is 6.00. The van der Waals surface area contributed by atoms with E-state index in [1.54, 1.807) is 0 Å². The number of nitrogens with zero attached hydrogens (tertiary/aromatic N) is 2. The summed E-state index contributed by atoms with van der Waals surface area (Å²) in [5, 5.41) is 3.30. The number of hydrogen-bond donors (Lipinski definition) is 2. The van der Waals surface area contributed by atoms with Crippen molar-refractivity contribution in [3.8, 4) is 0 Å².